The first-order valence-electron chi connectivity index (χ1n) is 9.97. The molecular formula is C25H20N2S3. The molecule has 0 unspecified atom stereocenters. The van der Waals surface area contributed by atoms with Gasteiger partial charge in [0.25, 0.3) is 0 Å². The van der Waals surface area contributed by atoms with Crippen LogP contribution in [0.4, 0.5) is 0 Å². The fraction of sp³-hybridized carbons (Fsp3) is 0.200. The Labute approximate surface area is 186 Å². The van der Waals surface area contributed by atoms with Crippen LogP contribution in [0.15, 0.2) is 47.4 Å². The molecule has 0 spiro atoms. The van der Waals surface area contributed by atoms with E-state index in [9.17, 15) is 0 Å². The van der Waals surface area contributed by atoms with Gasteiger partial charge >= 0.3 is 0 Å². The van der Waals surface area contributed by atoms with Gasteiger partial charge in [-0.15, -0.1) is 34.0 Å². The molecule has 0 atom stereocenters. The number of hydrogen-bond donors (Lipinski definition) is 0. The lowest BCUT2D eigenvalue weighted by Crippen LogP contribution is -2.11. The van der Waals surface area contributed by atoms with E-state index in [1.165, 1.54) is 51.6 Å². The highest BCUT2D eigenvalue weighted by molar-refractivity contribution is 7.26. The number of nitrogens with zero attached hydrogens (tertiary/aromatic N) is 2. The maximum Gasteiger partial charge on any atom is 0.116 e. The average Bonchev–Trinajstić information content (AvgIpc) is 3.41. The number of aryl methyl sites for hydroxylation is 1. The maximum absolute atomic E-state index is 4.77. The van der Waals surface area contributed by atoms with Crippen LogP contribution in [0.25, 0.3) is 51.7 Å². The maximum atomic E-state index is 4.77. The normalized spacial score (nSPS) is 12.7. The van der Waals surface area contributed by atoms with E-state index in [1.54, 1.807) is 6.33 Å². The molecule has 0 aliphatic carbocycles. The summed E-state index contributed by atoms with van der Waals surface area (Å²) in [6, 6.07) is 11.5. The van der Waals surface area contributed by atoms with Crippen LogP contribution in [-0.4, -0.2) is 9.97 Å². The zero-order valence-corrected chi connectivity index (χ0v) is 19.7. The van der Waals surface area contributed by atoms with E-state index >= 15 is 0 Å². The first kappa shape index (κ1) is 18.4. The smallest absolute Gasteiger partial charge is 0.116 e. The summed E-state index contributed by atoms with van der Waals surface area (Å²) >= 11 is 5.46. The fourth-order valence-electron chi connectivity index (χ4n) is 4.21. The molecule has 0 aliphatic heterocycles. The van der Waals surface area contributed by atoms with Crippen molar-refractivity contribution in [1.29, 1.82) is 0 Å². The lowest BCUT2D eigenvalue weighted by molar-refractivity contribution is 0.597. The molecule has 6 aromatic rings. The van der Waals surface area contributed by atoms with Crippen molar-refractivity contribution in [3.05, 3.63) is 58.5 Å². The average molecular weight is 445 g/mol. The van der Waals surface area contributed by atoms with Crippen LogP contribution < -0.4 is 0 Å². The molecule has 0 saturated carbocycles. The molecule has 6 rings (SSSR count). The van der Waals surface area contributed by atoms with Gasteiger partial charge in [0.2, 0.25) is 0 Å². The number of benzene rings is 2. The second kappa shape index (κ2) is 6.33. The van der Waals surface area contributed by atoms with E-state index < -0.39 is 0 Å². The van der Waals surface area contributed by atoms with Gasteiger partial charge in [0.15, 0.2) is 0 Å². The van der Waals surface area contributed by atoms with Gasteiger partial charge in [-0.25, -0.2) is 9.97 Å². The summed E-state index contributed by atoms with van der Waals surface area (Å²) in [5, 5.41) is 8.29. The van der Waals surface area contributed by atoms with Crippen molar-refractivity contribution in [2.45, 2.75) is 33.1 Å². The Kier molecular flexibility index (Phi) is 3.89. The Hall–Kier alpha value is -2.34. The van der Waals surface area contributed by atoms with E-state index in [4.69, 9.17) is 9.97 Å². The number of thiophene rings is 3. The second-order valence-corrected chi connectivity index (χ2v) is 11.8. The van der Waals surface area contributed by atoms with Gasteiger partial charge < -0.3 is 0 Å². The van der Waals surface area contributed by atoms with Gasteiger partial charge in [0.1, 0.15) is 6.33 Å². The number of hydrogen-bond acceptors (Lipinski definition) is 5. The van der Waals surface area contributed by atoms with Crippen LogP contribution >= 0.6 is 34.0 Å². The molecule has 148 valence electrons. The van der Waals surface area contributed by atoms with Crippen molar-refractivity contribution in [2.24, 2.45) is 0 Å². The fourth-order valence-corrected chi connectivity index (χ4v) is 7.54. The van der Waals surface area contributed by atoms with Crippen molar-refractivity contribution < 1.29 is 0 Å². The molecule has 0 amide bonds. The van der Waals surface area contributed by atoms with E-state index in [1.807, 2.05) is 34.0 Å². The van der Waals surface area contributed by atoms with E-state index in [2.05, 4.69) is 68.8 Å². The summed E-state index contributed by atoms with van der Waals surface area (Å²) in [5.74, 6) is 0. The third-order valence-electron chi connectivity index (χ3n) is 5.77. The molecule has 30 heavy (non-hydrogen) atoms. The summed E-state index contributed by atoms with van der Waals surface area (Å²) < 4.78 is 5.19. The quantitative estimate of drug-likeness (QED) is 0.254. The lowest BCUT2D eigenvalue weighted by Gasteiger charge is -2.21. The number of aromatic nitrogens is 2. The molecule has 0 saturated heterocycles. The highest BCUT2D eigenvalue weighted by Gasteiger charge is 2.21. The highest BCUT2D eigenvalue weighted by Crippen LogP contribution is 2.43. The molecule has 0 radical (unpaired) electrons. The van der Waals surface area contributed by atoms with Gasteiger partial charge in [-0.2, -0.15) is 0 Å². The molecule has 2 aromatic carbocycles. The minimum atomic E-state index is 0.0767. The van der Waals surface area contributed by atoms with Crippen molar-refractivity contribution in [3.63, 3.8) is 0 Å². The topological polar surface area (TPSA) is 25.8 Å². The number of fused-ring (bicyclic) bond motifs is 5. The van der Waals surface area contributed by atoms with Crippen molar-refractivity contribution in [2.75, 3.05) is 0 Å². The Morgan fingerprint density at radius 3 is 2.57 bits per heavy atom. The predicted octanol–water partition coefficient (Wildman–Crippen LogP) is 8.55. The van der Waals surface area contributed by atoms with Gasteiger partial charge in [0.05, 0.1) is 15.9 Å². The second-order valence-electron chi connectivity index (χ2n) is 8.88. The summed E-state index contributed by atoms with van der Waals surface area (Å²) in [6.45, 7) is 9.05. The first-order chi connectivity index (χ1) is 14.4. The van der Waals surface area contributed by atoms with Crippen LogP contribution in [-0.2, 0) is 5.41 Å². The first-order valence-corrected chi connectivity index (χ1v) is 12.5. The Balaban J connectivity index is 1.68. The standard InChI is InChI=1S/C25H20N2S3/c1-13-11-29-19-10-20-17(9-16(13)19)22-24(30-20)21(26-12-27-22)15-7-14-5-6-28-23(14)18(8-15)25(2,3)4/h5-12H,1-4H3. The summed E-state index contributed by atoms with van der Waals surface area (Å²) in [7, 11) is 0. The van der Waals surface area contributed by atoms with Crippen molar-refractivity contribution in [1.82, 2.24) is 9.97 Å². The third kappa shape index (κ3) is 2.66. The minimum absolute atomic E-state index is 0.0767. The monoisotopic (exact) mass is 444 g/mol. The molecule has 4 heterocycles. The molecule has 0 aliphatic rings. The molecule has 0 bridgehead atoms. The summed E-state index contributed by atoms with van der Waals surface area (Å²) in [6.07, 6.45) is 1.73. The van der Waals surface area contributed by atoms with Crippen molar-refractivity contribution >= 4 is 74.5 Å². The molecule has 0 N–H and O–H groups in total. The largest absolute Gasteiger partial charge is 0.235 e. The highest BCUT2D eigenvalue weighted by atomic mass is 32.1. The molecule has 2 nitrogen and oxygen atoms in total. The molecule has 0 fully saturated rings. The lowest BCUT2D eigenvalue weighted by atomic mass is 9.85. The van der Waals surface area contributed by atoms with Gasteiger partial charge in [-0.05, 0) is 75.3 Å². The predicted molar refractivity (Wildman–Crippen MR) is 135 cm³/mol. The molecule has 4 aromatic heterocycles. The molecular weight excluding hydrogens is 424 g/mol. The summed E-state index contributed by atoms with van der Waals surface area (Å²) in [4.78, 5) is 9.47. The van der Waals surface area contributed by atoms with Gasteiger partial charge in [-0.3, -0.25) is 0 Å². The Bertz CT molecular complexity index is 1590. The van der Waals surface area contributed by atoms with Gasteiger partial charge in [0, 0.05) is 25.0 Å². The molecule has 5 heteroatoms. The Morgan fingerprint density at radius 1 is 0.867 bits per heavy atom. The van der Waals surface area contributed by atoms with Crippen LogP contribution in [0.5, 0.6) is 0 Å². The zero-order chi connectivity index (χ0) is 20.6. The minimum Gasteiger partial charge on any atom is -0.235 e. The van der Waals surface area contributed by atoms with Crippen LogP contribution in [0.2, 0.25) is 0 Å². The third-order valence-corrected chi connectivity index (χ3v) is 8.95. The van der Waals surface area contributed by atoms with E-state index in [0.29, 0.717) is 0 Å². The van der Waals surface area contributed by atoms with Crippen molar-refractivity contribution in [3.8, 4) is 11.3 Å². The van der Waals surface area contributed by atoms with E-state index in [-0.39, 0.29) is 5.41 Å². The zero-order valence-electron chi connectivity index (χ0n) is 17.2. The van der Waals surface area contributed by atoms with Crippen LogP contribution in [0.1, 0.15) is 31.9 Å². The summed E-state index contributed by atoms with van der Waals surface area (Å²) in [5.41, 5.74) is 6.09. The number of rotatable bonds is 1. The van der Waals surface area contributed by atoms with Gasteiger partial charge in [-0.1, -0.05) is 20.8 Å². The SMILES string of the molecule is Cc1csc2cc3sc4c(-c5cc(C(C)(C)C)c6sccc6c5)ncnc4c3cc12. The van der Waals surface area contributed by atoms with E-state index in [0.717, 1.165) is 11.2 Å². The Morgan fingerprint density at radius 2 is 1.73 bits per heavy atom. The van der Waals surface area contributed by atoms with Crippen LogP contribution in [0.3, 0.4) is 0 Å². The van der Waals surface area contributed by atoms with Crippen LogP contribution in [0, 0.1) is 6.92 Å².